The van der Waals surface area contributed by atoms with Gasteiger partial charge >= 0.3 is 0 Å². The van der Waals surface area contributed by atoms with E-state index in [0.717, 1.165) is 50.3 Å². The second-order valence-corrected chi connectivity index (χ2v) is 5.64. The Morgan fingerprint density at radius 2 is 1.61 bits per heavy atom. The lowest BCUT2D eigenvalue weighted by Crippen LogP contribution is -2.41. The largest absolute Gasteiger partial charge is 0.336 e. The van der Waals surface area contributed by atoms with Gasteiger partial charge in [-0.05, 0) is 19.8 Å². The molecule has 0 atom stereocenters. The number of benzene rings is 1. The van der Waals surface area contributed by atoms with Crippen molar-refractivity contribution in [2.75, 3.05) is 6.54 Å². The standard InChI is InChI=1S/C15H19N3O5/c1-2-16(12-6-4-3-5-7-12)15(19)11-8-13(17(20)21)10-14(9-11)18(22)23/h8-10,12H,2-7H2,1H3. The summed E-state index contributed by atoms with van der Waals surface area (Å²) in [7, 11) is 0. The first-order valence-corrected chi connectivity index (χ1v) is 7.69. The molecule has 0 heterocycles. The molecule has 0 aliphatic heterocycles. The number of nitro benzene ring substituents is 2. The third kappa shape index (κ3) is 3.82. The Kier molecular flexibility index (Phi) is 5.25. The second kappa shape index (κ2) is 7.17. The average Bonchev–Trinajstić information content (AvgIpc) is 2.55. The molecule has 1 fully saturated rings. The fourth-order valence-corrected chi connectivity index (χ4v) is 3.06. The topological polar surface area (TPSA) is 107 Å². The van der Waals surface area contributed by atoms with Crippen LogP contribution in [0.15, 0.2) is 18.2 Å². The van der Waals surface area contributed by atoms with E-state index >= 15 is 0 Å². The smallest absolute Gasteiger partial charge is 0.277 e. The second-order valence-electron chi connectivity index (χ2n) is 5.64. The number of carbonyl (C=O) groups is 1. The van der Waals surface area contributed by atoms with Gasteiger partial charge in [-0.2, -0.15) is 0 Å². The molecule has 0 aromatic heterocycles. The van der Waals surface area contributed by atoms with Crippen LogP contribution in [0.2, 0.25) is 0 Å². The summed E-state index contributed by atoms with van der Waals surface area (Å²) in [5.41, 5.74) is -0.886. The number of non-ortho nitro benzene ring substituents is 2. The fraction of sp³-hybridized carbons (Fsp3) is 0.533. The molecule has 1 aromatic carbocycles. The van der Waals surface area contributed by atoms with E-state index in [4.69, 9.17) is 0 Å². The number of amides is 1. The van der Waals surface area contributed by atoms with Crippen molar-refractivity contribution in [3.63, 3.8) is 0 Å². The van der Waals surface area contributed by atoms with Gasteiger partial charge in [0.15, 0.2) is 0 Å². The molecule has 0 unspecified atom stereocenters. The van der Waals surface area contributed by atoms with Crippen LogP contribution in [0.5, 0.6) is 0 Å². The van der Waals surface area contributed by atoms with Crippen molar-refractivity contribution >= 4 is 17.3 Å². The van der Waals surface area contributed by atoms with Crippen molar-refractivity contribution < 1.29 is 14.6 Å². The van der Waals surface area contributed by atoms with Gasteiger partial charge in [-0.1, -0.05) is 19.3 Å². The highest BCUT2D eigenvalue weighted by Gasteiger charge is 2.27. The fourth-order valence-electron chi connectivity index (χ4n) is 3.06. The maximum absolute atomic E-state index is 12.7. The van der Waals surface area contributed by atoms with E-state index in [1.807, 2.05) is 6.92 Å². The molecule has 0 saturated heterocycles. The molecule has 0 N–H and O–H groups in total. The Bertz CT molecular complexity index is 593. The molecule has 2 rings (SSSR count). The first-order chi connectivity index (χ1) is 10.9. The highest BCUT2D eigenvalue weighted by atomic mass is 16.6. The van der Waals surface area contributed by atoms with Crippen LogP contribution in [0.25, 0.3) is 0 Å². The molecule has 0 spiro atoms. The van der Waals surface area contributed by atoms with Gasteiger partial charge in [0.2, 0.25) is 0 Å². The minimum atomic E-state index is -0.722. The molecule has 1 amide bonds. The number of hydrogen-bond acceptors (Lipinski definition) is 5. The van der Waals surface area contributed by atoms with E-state index in [1.165, 1.54) is 0 Å². The molecule has 23 heavy (non-hydrogen) atoms. The molecular formula is C15H19N3O5. The molecule has 8 nitrogen and oxygen atoms in total. The summed E-state index contributed by atoms with van der Waals surface area (Å²) in [6.45, 7) is 2.32. The highest BCUT2D eigenvalue weighted by Crippen LogP contribution is 2.27. The number of hydrogen-bond donors (Lipinski definition) is 0. The first-order valence-electron chi connectivity index (χ1n) is 7.69. The minimum absolute atomic E-state index is 0.00155. The quantitative estimate of drug-likeness (QED) is 0.611. The molecule has 1 aliphatic rings. The van der Waals surface area contributed by atoms with Crippen LogP contribution in [0.1, 0.15) is 49.4 Å². The normalized spacial score (nSPS) is 15.2. The Hall–Kier alpha value is -2.51. The molecule has 1 saturated carbocycles. The third-order valence-electron chi connectivity index (χ3n) is 4.19. The molecule has 0 bridgehead atoms. The van der Waals surface area contributed by atoms with Gasteiger partial charge < -0.3 is 4.90 Å². The van der Waals surface area contributed by atoms with Gasteiger partial charge in [0.05, 0.1) is 21.5 Å². The van der Waals surface area contributed by atoms with E-state index in [2.05, 4.69) is 0 Å². The SMILES string of the molecule is CCN(C(=O)c1cc([N+](=O)[O-])cc([N+](=O)[O-])c1)C1CCCCC1. The Morgan fingerprint density at radius 3 is 2.04 bits per heavy atom. The maximum atomic E-state index is 12.7. The van der Waals surface area contributed by atoms with Crippen LogP contribution >= 0.6 is 0 Å². The van der Waals surface area contributed by atoms with Gasteiger partial charge in [-0.3, -0.25) is 25.0 Å². The van der Waals surface area contributed by atoms with E-state index < -0.39 is 21.2 Å². The van der Waals surface area contributed by atoms with E-state index in [9.17, 15) is 25.0 Å². The van der Waals surface area contributed by atoms with Gasteiger partial charge in [0.1, 0.15) is 0 Å². The summed E-state index contributed by atoms with van der Waals surface area (Å²) < 4.78 is 0. The maximum Gasteiger partial charge on any atom is 0.277 e. The molecule has 0 radical (unpaired) electrons. The van der Waals surface area contributed by atoms with Crippen LogP contribution in [0.4, 0.5) is 11.4 Å². The molecule has 1 aliphatic carbocycles. The monoisotopic (exact) mass is 321 g/mol. The summed E-state index contributed by atoms with van der Waals surface area (Å²) in [6, 6.07) is 3.19. The number of nitro groups is 2. The van der Waals surface area contributed by atoms with Crippen LogP contribution in [-0.4, -0.2) is 33.2 Å². The summed E-state index contributed by atoms with van der Waals surface area (Å²) in [5, 5.41) is 21.9. The Labute approximate surface area is 133 Å². The molecular weight excluding hydrogens is 302 g/mol. The zero-order chi connectivity index (χ0) is 17.0. The lowest BCUT2D eigenvalue weighted by molar-refractivity contribution is -0.394. The third-order valence-corrected chi connectivity index (χ3v) is 4.19. The van der Waals surface area contributed by atoms with Crippen molar-refractivity contribution in [3.05, 3.63) is 44.0 Å². The lowest BCUT2D eigenvalue weighted by atomic mass is 9.93. The van der Waals surface area contributed by atoms with Crippen molar-refractivity contribution in [1.29, 1.82) is 0 Å². The van der Waals surface area contributed by atoms with E-state index in [-0.39, 0.29) is 17.5 Å². The van der Waals surface area contributed by atoms with Crippen molar-refractivity contribution in [1.82, 2.24) is 4.90 Å². The van der Waals surface area contributed by atoms with Crippen LogP contribution < -0.4 is 0 Å². The summed E-state index contributed by atoms with van der Waals surface area (Å²) >= 11 is 0. The first kappa shape index (κ1) is 16.9. The number of carbonyl (C=O) groups excluding carboxylic acids is 1. The van der Waals surface area contributed by atoms with E-state index in [0.29, 0.717) is 6.54 Å². The predicted octanol–water partition coefficient (Wildman–Crippen LogP) is 3.30. The number of rotatable bonds is 5. The average molecular weight is 321 g/mol. The zero-order valence-corrected chi connectivity index (χ0v) is 12.9. The summed E-state index contributed by atoms with van der Waals surface area (Å²) in [4.78, 5) is 34.8. The molecule has 8 heteroatoms. The van der Waals surface area contributed by atoms with Gasteiger partial charge in [0.25, 0.3) is 17.3 Å². The van der Waals surface area contributed by atoms with Gasteiger partial charge in [0, 0.05) is 24.7 Å². The van der Waals surface area contributed by atoms with E-state index in [1.54, 1.807) is 4.90 Å². The van der Waals surface area contributed by atoms with Crippen LogP contribution in [-0.2, 0) is 0 Å². The highest BCUT2D eigenvalue weighted by molar-refractivity contribution is 5.95. The predicted molar refractivity (Wildman–Crippen MR) is 83.3 cm³/mol. The molecule has 124 valence electrons. The molecule has 1 aromatic rings. The van der Waals surface area contributed by atoms with Crippen molar-refractivity contribution in [2.45, 2.75) is 45.1 Å². The van der Waals surface area contributed by atoms with Gasteiger partial charge in [-0.15, -0.1) is 0 Å². The van der Waals surface area contributed by atoms with Crippen molar-refractivity contribution in [2.24, 2.45) is 0 Å². The number of nitrogens with zero attached hydrogens (tertiary/aromatic N) is 3. The minimum Gasteiger partial charge on any atom is -0.336 e. The van der Waals surface area contributed by atoms with Crippen LogP contribution in [0, 0.1) is 20.2 Å². The zero-order valence-electron chi connectivity index (χ0n) is 12.9. The van der Waals surface area contributed by atoms with Gasteiger partial charge in [-0.25, -0.2) is 0 Å². The van der Waals surface area contributed by atoms with Crippen LogP contribution in [0.3, 0.4) is 0 Å². The Morgan fingerprint density at radius 1 is 1.09 bits per heavy atom. The summed E-state index contributed by atoms with van der Waals surface area (Å²) in [5.74, 6) is -0.383. The lowest BCUT2D eigenvalue weighted by Gasteiger charge is -2.33. The van der Waals surface area contributed by atoms with Crippen molar-refractivity contribution in [3.8, 4) is 0 Å². The Balaban J connectivity index is 2.35. The summed E-state index contributed by atoms with van der Waals surface area (Å²) in [6.07, 6.45) is 5.03.